The van der Waals surface area contributed by atoms with Crippen molar-refractivity contribution in [3.05, 3.63) is 70.8 Å². The summed E-state index contributed by atoms with van der Waals surface area (Å²) in [6.45, 7) is 2.04. The molecule has 0 heterocycles. The minimum absolute atomic E-state index is 0.587. The third kappa shape index (κ3) is 2.66. The van der Waals surface area contributed by atoms with E-state index in [4.69, 9.17) is 0 Å². The monoisotopic (exact) mass is 239 g/mol. The fourth-order valence-corrected chi connectivity index (χ4v) is 1.93. The molecule has 2 aromatic carbocycles. The second kappa shape index (κ2) is 5.61. The molecule has 2 rings (SSSR count). The van der Waals surface area contributed by atoms with Crippen LogP contribution in [0.3, 0.4) is 0 Å². The molecule has 1 N–H and O–H groups in total. The summed E-state index contributed by atoms with van der Waals surface area (Å²) in [5.74, 6) is 0. The van der Waals surface area contributed by atoms with E-state index < -0.39 is 6.10 Å². The Labute approximate surface area is 108 Å². The molecule has 0 radical (unpaired) electrons. The van der Waals surface area contributed by atoms with Crippen molar-refractivity contribution in [3.63, 3.8) is 0 Å². The van der Waals surface area contributed by atoms with Crippen LogP contribution >= 0.6 is 0 Å². The molecule has 2 heteroatoms. The molecule has 0 saturated carbocycles. The van der Waals surface area contributed by atoms with Gasteiger partial charge in [0.2, 0.25) is 0 Å². The Bertz CT molecular complexity index is 546. The van der Waals surface area contributed by atoms with Gasteiger partial charge in [-0.05, 0) is 35.2 Å². The topological polar surface area (TPSA) is 32.6 Å². The molecule has 0 aromatic heterocycles. The number of aliphatic hydroxyl groups excluding tert-OH is 1. The number of rotatable bonds is 3. The maximum atomic E-state index is 10.3. The van der Waals surface area contributed by atoms with Crippen molar-refractivity contribution in [1.82, 2.24) is 0 Å². The van der Waals surface area contributed by atoms with Crippen LogP contribution in [-0.2, 0) is 0 Å². The van der Waals surface area contributed by atoms with Crippen molar-refractivity contribution < 1.29 is 5.11 Å². The van der Waals surface area contributed by atoms with E-state index in [-0.39, 0.29) is 0 Å². The van der Waals surface area contributed by atoms with Gasteiger partial charge < -0.3 is 5.11 Å². The maximum Gasteiger partial charge on any atom is 0.104 e. The van der Waals surface area contributed by atoms with Gasteiger partial charge in [-0.25, -0.2) is 0 Å². The summed E-state index contributed by atoms with van der Waals surface area (Å²) in [4.78, 5) is 4.03. The third-order valence-electron chi connectivity index (χ3n) is 3.00. The molecular weight excluding hydrogens is 222 g/mol. The molecular formula is C16H17NO. The van der Waals surface area contributed by atoms with Crippen LogP contribution in [0.4, 0.5) is 0 Å². The number of benzene rings is 2. The van der Waals surface area contributed by atoms with E-state index in [1.165, 1.54) is 0 Å². The predicted octanol–water partition coefficient (Wildman–Crippen LogP) is 3.13. The highest BCUT2D eigenvalue weighted by molar-refractivity contribution is 5.81. The normalized spacial score (nSPS) is 12.8. The number of aliphatic imine (C=N–C) groups is 1. The third-order valence-corrected chi connectivity index (χ3v) is 3.00. The zero-order valence-electron chi connectivity index (χ0n) is 10.7. The maximum absolute atomic E-state index is 10.3. The number of nitrogens with zero attached hydrogens (tertiary/aromatic N) is 1. The van der Waals surface area contributed by atoms with Crippen LogP contribution in [0, 0.1) is 6.92 Å². The Balaban J connectivity index is 2.37. The fourth-order valence-electron chi connectivity index (χ4n) is 1.93. The van der Waals surface area contributed by atoms with Crippen molar-refractivity contribution >= 4 is 6.21 Å². The first-order valence-electron chi connectivity index (χ1n) is 5.98. The Morgan fingerprint density at radius 3 is 2.44 bits per heavy atom. The van der Waals surface area contributed by atoms with E-state index in [1.54, 1.807) is 7.05 Å². The number of aliphatic hydroxyl groups is 1. The Morgan fingerprint density at radius 2 is 1.78 bits per heavy atom. The van der Waals surface area contributed by atoms with Gasteiger partial charge in [-0.2, -0.15) is 0 Å². The summed E-state index contributed by atoms with van der Waals surface area (Å²) in [7, 11) is 1.75. The van der Waals surface area contributed by atoms with Crippen LogP contribution in [0.15, 0.2) is 53.5 Å². The van der Waals surface area contributed by atoms with Crippen molar-refractivity contribution in [3.8, 4) is 0 Å². The van der Waals surface area contributed by atoms with Gasteiger partial charge in [0.05, 0.1) is 0 Å². The summed E-state index contributed by atoms with van der Waals surface area (Å²) in [5, 5.41) is 10.3. The lowest BCUT2D eigenvalue weighted by Crippen LogP contribution is -2.01. The second-order valence-electron chi connectivity index (χ2n) is 4.32. The standard InChI is InChI=1S/C16H17NO/c1-12-8-9-14(10-15(12)11-17-2)16(18)13-6-4-3-5-7-13/h3-11,16,18H,1-2H3. The van der Waals surface area contributed by atoms with E-state index in [9.17, 15) is 5.11 Å². The summed E-state index contributed by atoms with van der Waals surface area (Å²) in [5.41, 5.74) is 4.00. The Hall–Kier alpha value is -1.93. The average Bonchev–Trinajstić information content (AvgIpc) is 2.42. The molecule has 18 heavy (non-hydrogen) atoms. The molecule has 2 aromatic rings. The molecule has 92 valence electrons. The van der Waals surface area contributed by atoms with E-state index in [0.717, 1.165) is 22.3 Å². The Morgan fingerprint density at radius 1 is 1.06 bits per heavy atom. The minimum atomic E-state index is -0.587. The molecule has 0 fully saturated rings. The van der Waals surface area contributed by atoms with Crippen LogP contribution in [0.5, 0.6) is 0 Å². The highest BCUT2D eigenvalue weighted by atomic mass is 16.3. The zero-order valence-corrected chi connectivity index (χ0v) is 10.7. The van der Waals surface area contributed by atoms with Gasteiger partial charge in [0.15, 0.2) is 0 Å². The quantitative estimate of drug-likeness (QED) is 0.820. The summed E-state index contributed by atoms with van der Waals surface area (Å²) < 4.78 is 0. The summed E-state index contributed by atoms with van der Waals surface area (Å²) in [6.07, 6.45) is 1.23. The molecule has 1 unspecified atom stereocenters. The molecule has 0 amide bonds. The van der Waals surface area contributed by atoms with E-state index >= 15 is 0 Å². The molecule has 0 bridgehead atoms. The van der Waals surface area contributed by atoms with Gasteiger partial charge in [-0.15, -0.1) is 0 Å². The molecule has 0 aliphatic carbocycles. The van der Waals surface area contributed by atoms with Gasteiger partial charge in [-0.3, -0.25) is 4.99 Å². The zero-order chi connectivity index (χ0) is 13.0. The number of hydrogen-bond acceptors (Lipinski definition) is 2. The lowest BCUT2D eigenvalue weighted by atomic mass is 9.98. The fraction of sp³-hybridized carbons (Fsp3) is 0.188. The van der Waals surface area contributed by atoms with Crippen LogP contribution in [0.2, 0.25) is 0 Å². The molecule has 0 aliphatic rings. The average molecular weight is 239 g/mol. The van der Waals surface area contributed by atoms with Crippen LogP contribution in [0.1, 0.15) is 28.4 Å². The predicted molar refractivity (Wildman–Crippen MR) is 75.2 cm³/mol. The highest BCUT2D eigenvalue weighted by Gasteiger charge is 2.10. The smallest absolute Gasteiger partial charge is 0.104 e. The Kier molecular flexibility index (Phi) is 3.90. The van der Waals surface area contributed by atoms with Gasteiger partial charge in [0.25, 0.3) is 0 Å². The van der Waals surface area contributed by atoms with E-state index in [1.807, 2.05) is 61.7 Å². The lowest BCUT2D eigenvalue weighted by Gasteiger charge is -2.13. The van der Waals surface area contributed by atoms with Gasteiger partial charge in [0, 0.05) is 13.3 Å². The first-order chi connectivity index (χ1) is 8.72. The van der Waals surface area contributed by atoms with Crippen molar-refractivity contribution in [2.24, 2.45) is 4.99 Å². The van der Waals surface area contributed by atoms with Crippen LogP contribution in [-0.4, -0.2) is 18.4 Å². The lowest BCUT2D eigenvalue weighted by molar-refractivity contribution is 0.220. The number of aryl methyl sites for hydroxylation is 1. The highest BCUT2D eigenvalue weighted by Crippen LogP contribution is 2.23. The molecule has 0 spiro atoms. The molecule has 2 nitrogen and oxygen atoms in total. The van der Waals surface area contributed by atoms with Crippen LogP contribution < -0.4 is 0 Å². The molecule has 1 atom stereocenters. The first-order valence-corrected chi connectivity index (χ1v) is 5.98. The van der Waals surface area contributed by atoms with Crippen LogP contribution in [0.25, 0.3) is 0 Å². The number of hydrogen-bond donors (Lipinski definition) is 1. The summed E-state index contributed by atoms with van der Waals surface area (Å²) in [6, 6.07) is 15.6. The van der Waals surface area contributed by atoms with Gasteiger partial charge >= 0.3 is 0 Å². The largest absolute Gasteiger partial charge is 0.384 e. The van der Waals surface area contributed by atoms with E-state index in [0.29, 0.717) is 0 Å². The van der Waals surface area contributed by atoms with Crippen molar-refractivity contribution in [1.29, 1.82) is 0 Å². The van der Waals surface area contributed by atoms with Crippen molar-refractivity contribution in [2.75, 3.05) is 7.05 Å². The SMILES string of the molecule is CN=Cc1cc(C(O)c2ccccc2)ccc1C. The second-order valence-corrected chi connectivity index (χ2v) is 4.32. The first kappa shape index (κ1) is 12.5. The molecule has 0 saturated heterocycles. The minimum Gasteiger partial charge on any atom is -0.384 e. The van der Waals surface area contributed by atoms with Gasteiger partial charge in [-0.1, -0.05) is 42.5 Å². The molecule has 0 aliphatic heterocycles. The summed E-state index contributed by atoms with van der Waals surface area (Å²) >= 11 is 0. The van der Waals surface area contributed by atoms with Gasteiger partial charge in [0.1, 0.15) is 6.10 Å². The van der Waals surface area contributed by atoms with E-state index in [2.05, 4.69) is 4.99 Å². The van der Waals surface area contributed by atoms with Crippen molar-refractivity contribution in [2.45, 2.75) is 13.0 Å².